The van der Waals surface area contributed by atoms with Crippen LogP contribution in [0.5, 0.6) is 0 Å². The number of nitrogens with zero attached hydrogens (tertiary/aromatic N) is 4. The second-order valence-electron chi connectivity index (χ2n) is 6.76. The van der Waals surface area contributed by atoms with Gasteiger partial charge >= 0.3 is 6.18 Å². The number of fused-ring (bicyclic) bond motifs is 1. The lowest BCUT2D eigenvalue weighted by atomic mass is 10.2. The molecule has 9 heteroatoms. The maximum absolute atomic E-state index is 12.8. The van der Waals surface area contributed by atoms with Crippen molar-refractivity contribution >= 4 is 17.2 Å². The largest absolute Gasteiger partial charge is 0.434 e. The Hall–Kier alpha value is -2.29. The molecule has 1 N–H and O–H groups in total. The van der Waals surface area contributed by atoms with Crippen LogP contribution < -0.4 is 10.2 Å². The summed E-state index contributed by atoms with van der Waals surface area (Å²) in [7, 11) is 0. The van der Waals surface area contributed by atoms with Crippen molar-refractivity contribution < 1.29 is 18.0 Å². The lowest BCUT2D eigenvalue weighted by Gasteiger charge is -2.35. The van der Waals surface area contributed by atoms with E-state index in [1.165, 1.54) is 4.40 Å². The fourth-order valence-electron chi connectivity index (χ4n) is 3.04. The standard InChI is InChI=1S/C17H22F3N5O/c1-12(2)21-16(26)11-23-5-7-24(8-6-23)13-3-4-15-22-14(17(18,19)20)10-25(15)9-13/h3-4,9-10,12H,5-8,11H2,1-2H3,(H,21,26). The summed E-state index contributed by atoms with van der Waals surface area (Å²) in [6, 6.07) is 3.49. The fraction of sp³-hybridized carbons (Fsp3) is 0.529. The number of nitrogens with one attached hydrogen (secondary N) is 1. The van der Waals surface area contributed by atoms with Gasteiger partial charge in [0.15, 0.2) is 5.69 Å². The van der Waals surface area contributed by atoms with Crippen molar-refractivity contribution in [2.24, 2.45) is 0 Å². The van der Waals surface area contributed by atoms with Gasteiger partial charge in [0.05, 0.1) is 12.2 Å². The summed E-state index contributed by atoms with van der Waals surface area (Å²) in [4.78, 5) is 19.6. The zero-order valence-corrected chi connectivity index (χ0v) is 14.8. The van der Waals surface area contributed by atoms with Crippen LogP contribution in [0.25, 0.3) is 5.65 Å². The van der Waals surface area contributed by atoms with Crippen LogP contribution in [0.1, 0.15) is 19.5 Å². The Bertz CT molecular complexity index is 778. The van der Waals surface area contributed by atoms with Crippen molar-refractivity contribution in [2.75, 3.05) is 37.6 Å². The number of carbonyl (C=O) groups excluding carboxylic acids is 1. The van der Waals surface area contributed by atoms with Crippen molar-refractivity contribution in [1.29, 1.82) is 0 Å². The van der Waals surface area contributed by atoms with Gasteiger partial charge < -0.3 is 14.6 Å². The van der Waals surface area contributed by atoms with Gasteiger partial charge in [0.2, 0.25) is 5.91 Å². The molecule has 3 heterocycles. The molecule has 3 rings (SSSR count). The molecule has 26 heavy (non-hydrogen) atoms. The number of rotatable bonds is 4. The molecule has 0 atom stereocenters. The van der Waals surface area contributed by atoms with E-state index in [4.69, 9.17) is 0 Å². The number of alkyl halides is 3. The molecule has 0 aliphatic carbocycles. The van der Waals surface area contributed by atoms with Crippen molar-refractivity contribution in [3.8, 4) is 0 Å². The van der Waals surface area contributed by atoms with E-state index in [1.807, 2.05) is 13.8 Å². The van der Waals surface area contributed by atoms with E-state index in [0.29, 0.717) is 19.6 Å². The van der Waals surface area contributed by atoms with Crippen LogP contribution in [-0.2, 0) is 11.0 Å². The van der Waals surface area contributed by atoms with Crippen molar-refractivity contribution in [3.63, 3.8) is 0 Å². The average Bonchev–Trinajstić information content (AvgIpc) is 2.98. The second kappa shape index (κ2) is 7.14. The highest BCUT2D eigenvalue weighted by Gasteiger charge is 2.34. The third kappa shape index (κ3) is 4.27. The summed E-state index contributed by atoms with van der Waals surface area (Å²) in [6.07, 6.45) is -1.78. The summed E-state index contributed by atoms with van der Waals surface area (Å²) in [5, 5.41) is 2.87. The number of amides is 1. The van der Waals surface area contributed by atoms with Crippen molar-refractivity contribution in [2.45, 2.75) is 26.1 Å². The minimum absolute atomic E-state index is 0.00738. The Labute approximate surface area is 149 Å². The van der Waals surface area contributed by atoms with E-state index in [9.17, 15) is 18.0 Å². The molecule has 1 amide bonds. The van der Waals surface area contributed by atoms with Gasteiger partial charge in [0, 0.05) is 44.6 Å². The molecule has 0 radical (unpaired) electrons. The summed E-state index contributed by atoms with van der Waals surface area (Å²) >= 11 is 0. The van der Waals surface area contributed by atoms with Gasteiger partial charge in [-0.2, -0.15) is 13.2 Å². The Kier molecular flexibility index (Phi) is 5.08. The second-order valence-corrected chi connectivity index (χ2v) is 6.76. The van der Waals surface area contributed by atoms with Gasteiger partial charge in [-0.25, -0.2) is 4.98 Å². The van der Waals surface area contributed by atoms with Gasteiger partial charge in [-0.15, -0.1) is 0 Å². The van der Waals surface area contributed by atoms with Crippen LogP contribution >= 0.6 is 0 Å². The zero-order chi connectivity index (χ0) is 18.9. The Morgan fingerprint density at radius 1 is 1.19 bits per heavy atom. The zero-order valence-electron chi connectivity index (χ0n) is 14.8. The average molecular weight is 369 g/mol. The first-order valence-corrected chi connectivity index (χ1v) is 8.55. The maximum atomic E-state index is 12.8. The number of anilines is 1. The highest BCUT2D eigenvalue weighted by atomic mass is 19.4. The van der Waals surface area contributed by atoms with Crippen LogP contribution in [-0.4, -0.2) is 59.0 Å². The first kappa shape index (κ1) is 18.5. The fourth-order valence-corrected chi connectivity index (χ4v) is 3.04. The molecule has 2 aromatic heterocycles. The molecule has 1 aliphatic heterocycles. The molecule has 0 bridgehead atoms. The third-order valence-corrected chi connectivity index (χ3v) is 4.28. The summed E-state index contributed by atoms with van der Waals surface area (Å²) < 4.78 is 39.8. The highest BCUT2D eigenvalue weighted by Crippen LogP contribution is 2.29. The summed E-state index contributed by atoms with van der Waals surface area (Å²) in [6.45, 7) is 7.07. The van der Waals surface area contributed by atoms with Crippen LogP contribution in [0.15, 0.2) is 24.5 Å². The molecule has 6 nitrogen and oxygen atoms in total. The van der Waals surface area contributed by atoms with Gasteiger partial charge in [-0.05, 0) is 26.0 Å². The van der Waals surface area contributed by atoms with Gasteiger partial charge in [-0.3, -0.25) is 9.69 Å². The first-order valence-electron chi connectivity index (χ1n) is 8.55. The molecule has 0 saturated carbocycles. The lowest BCUT2D eigenvalue weighted by Crippen LogP contribution is -2.50. The quantitative estimate of drug-likeness (QED) is 0.896. The molecule has 1 aliphatic rings. The number of hydrogen-bond acceptors (Lipinski definition) is 4. The van der Waals surface area contributed by atoms with E-state index in [0.717, 1.165) is 25.0 Å². The monoisotopic (exact) mass is 369 g/mol. The minimum atomic E-state index is -4.45. The van der Waals surface area contributed by atoms with E-state index in [2.05, 4.69) is 20.1 Å². The molecule has 1 fully saturated rings. The first-order chi connectivity index (χ1) is 12.2. The maximum Gasteiger partial charge on any atom is 0.434 e. The molecular formula is C17H22F3N5O. The summed E-state index contributed by atoms with van der Waals surface area (Å²) in [5.74, 6) is 0.00738. The topological polar surface area (TPSA) is 52.9 Å². The van der Waals surface area contributed by atoms with Crippen LogP contribution in [0.2, 0.25) is 0 Å². The molecule has 0 aromatic carbocycles. The Balaban J connectivity index is 1.63. The van der Waals surface area contributed by atoms with Gasteiger partial charge in [-0.1, -0.05) is 0 Å². The minimum Gasteiger partial charge on any atom is -0.368 e. The van der Waals surface area contributed by atoms with E-state index in [1.54, 1.807) is 18.3 Å². The van der Waals surface area contributed by atoms with Crippen molar-refractivity contribution in [3.05, 3.63) is 30.2 Å². The summed E-state index contributed by atoms with van der Waals surface area (Å²) in [5.41, 5.74) is 0.218. The predicted octanol–water partition coefficient (Wildman–Crippen LogP) is 2.00. The molecule has 1 saturated heterocycles. The normalized spacial score (nSPS) is 16.5. The number of halogens is 3. The number of imidazole rings is 1. The number of hydrogen-bond donors (Lipinski definition) is 1. The Morgan fingerprint density at radius 2 is 1.88 bits per heavy atom. The third-order valence-electron chi connectivity index (χ3n) is 4.28. The predicted molar refractivity (Wildman–Crippen MR) is 92.1 cm³/mol. The van der Waals surface area contributed by atoms with E-state index < -0.39 is 11.9 Å². The molecular weight excluding hydrogens is 347 g/mol. The molecule has 2 aromatic rings. The smallest absolute Gasteiger partial charge is 0.368 e. The van der Waals surface area contributed by atoms with Gasteiger partial charge in [0.25, 0.3) is 0 Å². The van der Waals surface area contributed by atoms with Crippen LogP contribution in [0.4, 0.5) is 18.9 Å². The number of aromatic nitrogens is 2. The lowest BCUT2D eigenvalue weighted by molar-refractivity contribution is -0.140. The molecule has 0 spiro atoms. The number of carbonyl (C=O) groups is 1. The van der Waals surface area contributed by atoms with Crippen LogP contribution in [0.3, 0.4) is 0 Å². The molecule has 0 unspecified atom stereocenters. The number of pyridine rings is 1. The van der Waals surface area contributed by atoms with E-state index in [-0.39, 0.29) is 17.6 Å². The van der Waals surface area contributed by atoms with Gasteiger partial charge in [0.1, 0.15) is 5.65 Å². The highest BCUT2D eigenvalue weighted by molar-refractivity contribution is 5.78. The Morgan fingerprint density at radius 3 is 2.50 bits per heavy atom. The SMILES string of the molecule is CC(C)NC(=O)CN1CCN(c2ccc3nc(C(F)(F)F)cn3c2)CC1. The van der Waals surface area contributed by atoms with Crippen molar-refractivity contribution in [1.82, 2.24) is 19.6 Å². The van der Waals surface area contributed by atoms with Crippen LogP contribution in [0, 0.1) is 0 Å². The van der Waals surface area contributed by atoms with E-state index >= 15 is 0 Å². The molecule has 142 valence electrons. The number of piperazine rings is 1.